The fourth-order valence-electron chi connectivity index (χ4n) is 1.82. The van der Waals surface area contributed by atoms with Gasteiger partial charge in [-0.25, -0.2) is 0 Å². The van der Waals surface area contributed by atoms with Gasteiger partial charge in [-0.05, 0) is 25.5 Å². The number of hydrogen-bond acceptors (Lipinski definition) is 1. The zero-order valence-electron chi connectivity index (χ0n) is 11.0. The number of amides is 1. The second-order valence-corrected chi connectivity index (χ2v) is 4.54. The number of rotatable bonds is 7. The molecular formula is C15H23NO. The first kappa shape index (κ1) is 13.8. The highest BCUT2D eigenvalue weighted by Gasteiger charge is 2.03. The molecule has 0 fully saturated rings. The molecule has 0 spiro atoms. The van der Waals surface area contributed by atoms with Gasteiger partial charge in [0.1, 0.15) is 0 Å². The van der Waals surface area contributed by atoms with Crippen LogP contribution in [0.25, 0.3) is 0 Å². The second kappa shape index (κ2) is 7.88. The van der Waals surface area contributed by atoms with Crippen molar-refractivity contribution in [2.75, 3.05) is 6.54 Å². The minimum atomic E-state index is 0.0455. The van der Waals surface area contributed by atoms with Crippen molar-refractivity contribution in [3.63, 3.8) is 0 Å². The number of hydrogen-bond donors (Lipinski definition) is 1. The van der Waals surface area contributed by atoms with Gasteiger partial charge >= 0.3 is 0 Å². The van der Waals surface area contributed by atoms with Crippen LogP contribution in [0.5, 0.6) is 0 Å². The quantitative estimate of drug-likeness (QED) is 0.715. The molecular weight excluding hydrogens is 210 g/mol. The Morgan fingerprint density at radius 3 is 2.65 bits per heavy atom. The van der Waals surface area contributed by atoms with Gasteiger partial charge in [0, 0.05) is 12.1 Å². The topological polar surface area (TPSA) is 29.1 Å². The summed E-state index contributed by atoms with van der Waals surface area (Å²) in [5.74, 6) is 0.0455. The van der Waals surface area contributed by atoms with Crippen LogP contribution in [0.15, 0.2) is 24.3 Å². The van der Waals surface area contributed by atoms with E-state index in [-0.39, 0.29) is 5.91 Å². The summed E-state index contributed by atoms with van der Waals surface area (Å²) < 4.78 is 0. The van der Waals surface area contributed by atoms with E-state index in [2.05, 4.69) is 12.2 Å². The minimum Gasteiger partial charge on any atom is -0.352 e. The van der Waals surface area contributed by atoms with Crippen LogP contribution in [-0.2, 0) is 0 Å². The molecule has 2 nitrogen and oxygen atoms in total. The number of carbonyl (C=O) groups is 1. The van der Waals surface area contributed by atoms with Crippen molar-refractivity contribution in [2.24, 2.45) is 0 Å². The standard InChI is InChI=1S/C15H23NO/c1-3-4-5-6-7-11-16-15(17)14-10-8-9-13(2)12-14/h8-10,12H,3-7,11H2,1-2H3,(H,16,17). The molecule has 94 valence electrons. The maximum absolute atomic E-state index is 11.8. The molecule has 1 aromatic rings. The van der Waals surface area contributed by atoms with Crippen LogP contribution in [-0.4, -0.2) is 12.5 Å². The maximum atomic E-state index is 11.8. The molecule has 0 heterocycles. The average Bonchev–Trinajstić information content (AvgIpc) is 2.33. The molecule has 0 aliphatic heterocycles. The molecule has 1 rings (SSSR count). The zero-order valence-corrected chi connectivity index (χ0v) is 11.0. The van der Waals surface area contributed by atoms with E-state index in [9.17, 15) is 4.79 Å². The van der Waals surface area contributed by atoms with Crippen LogP contribution in [0.1, 0.15) is 54.9 Å². The summed E-state index contributed by atoms with van der Waals surface area (Å²) in [7, 11) is 0. The summed E-state index contributed by atoms with van der Waals surface area (Å²) in [4.78, 5) is 11.8. The van der Waals surface area contributed by atoms with E-state index < -0.39 is 0 Å². The van der Waals surface area contributed by atoms with Crippen molar-refractivity contribution >= 4 is 5.91 Å². The summed E-state index contributed by atoms with van der Waals surface area (Å²) >= 11 is 0. The molecule has 0 unspecified atom stereocenters. The summed E-state index contributed by atoms with van der Waals surface area (Å²) in [6, 6.07) is 7.71. The lowest BCUT2D eigenvalue weighted by atomic mass is 10.1. The lowest BCUT2D eigenvalue weighted by Crippen LogP contribution is -2.24. The van der Waals surface area contributed by atoms with Crippen LogP contribution >= 0.6 is 0 Å². The summed E-state index contributed by atoms with van der Waals surface area (Å²) in [6.45, 7) is 5.00. The SMILES string of the molecule is CCCCCCCNC(=O)c1cccc(C)c1. The van der Waals surface area contributed by atoms with Crippen molar-refractivity contribution in [3.05, 3.63) is 35.4 Å². The largest absolute Gasteiger partial charge is 0.352 e. The Hall–Kier alpha value is -1.31. The van der Waals surface area contributed by atoms with Crippen molar-refractivity contribution in [2.45, 2.75) is 46.0 Å². The molecule has 0 aliphatic carbocycles. The fourth-order valence-corrected chi connectivity index (χ4v) is 1.82. The minimum absolute atomic E-state index is 0.0455. The van der Waals surface area contributed by atoms with Gasteiger partial charge in [-0.15, -0.1) is 0 Å². The smallest absolute Gasteiger partial charge is 0.251 e. The molecule has 0 bridgehead atoms. The third-order valence-electron chi connectivity index (χ3n) is 2.85. The molecule has 0 aromatic heterocycles. The third-order valence-corrected chi connectivity index (χ3v) is 2.85. The number of unbranched alkanes of at least 4 members (excludes halogenated alkanes) is 4. The summed E-state index contributed by atoms with van der Waals surface area (Å²) in [5, 5.41) is 2.96. The Bertz CT molecular complexity index is 347. The maximum Gasteiger partial charge on any atom is 0.251 e. The summed E-state index contributed by atoms with van der Waals surface area (Å²) in [5.41, 5.74) is 1.89. The predicted octanol–water partition coefficient (Wildman–Crippen LogP) is 3.70. The number of nitrogens with one attached hydrogen (secondary N) is 1. The van der Waals surface area contributed by atoms with E-state index in [0.29, 0.717) is 0 Å². The molecule has 0 atom stereocenters. The highest BCUT2D eigenvalue weighted by Crippen LogP contribution is 2.04. The van der Waals surface area contributed by atoms with E-state index >= 15 is 0 Å². The molecule has 1 aromatic carbocycles. The number of carbonyl (C=O) groups excluding carboxylic acids is 1. The lowest BCUT2D eigenvalue weighted by molar-refractivity contribution is 0.0953. The van der Waals surface area contributed by atoms with Gasteiger partial charge < -0.3 is 5.32 Å². The molecule has 1 N–H and O–H groups in total. The number of aryl methyl sites for hydroxylation is 1. The van der Waals surface area contributed by atoms with Gasteiger partial charge in [0.05, 0.1) is 0 Å². The first-order valence-electron chi connectivity index (χ1n) is 6.59. The predicted molar refractivity (Wildman–Crippen MR) is 72.3 cm³/mol. The first-order valence-corrected chi connectivity index (χ1v) is 6.59. The highest BCUT2D eigenvalue weighted by molar-refractivity contribution is 5.94. The molecule has 2 heteroatoms. The van der Waals surface area contributed by atoms with Crippen LogP contribution in [0.4, 0.5) is 0 Å². The monoisotopic (exact) mass is 233 g/mol. The van der Waals surface area contributed by atoms with Crippen molar-refractivity contribution in [3.8, 4) is 0 Å². The van der Waals surface area contributed by atoms with Gasteiger partial charge in [-0.1, -0.05) is 50.3 Å². The van der Waals surface area contributed by atoms with Gasteiger partial charge in [0.15, 0.2) is 0 Å². The fraction of sp³-hybridized carbons (Fsp3) is 0.533. The van der Waals surface area contributed by atoms with Gasteiger partial charge in [-0.2, -0.15) is 0 Å². The summed E-state index contributed by atoms with van der Waals surface area (Å²) in [6.07, 6.45) is 6.12. The zero-order chi connectivity index (χ0) is 12.5. The van der Waals surface area contributed by atoms with Crippen LogP contribution in [0.3, 0.4) is 0 Å². The number of benzene rings is 1. The normalized spacial score (nSPS) is 10.2. The lowest BCUT2D eigenvalue weighted by Gasteiger charge is -2.05. The molecule has 0 saturated heterocycles. The second-order valence-electron chi connectivity index (χ2n) is 4.54. The Kier molecular flexibility index (Phi) is 6.38. The van der Waals surface area contributed by atoms with Gasteiger partial charge in [0.2, 0.25) is 0 Å². The van der Waals surface area contributed by atoms with Gasteiger partial charge in [0.25, 0.3) is 5.91 Å². The Balaban J connectivity index is 2.21. The van der Waals surface area contributed by atoms with Crippen molar-refractivity contribution in [1.29, 1.82) is 0 Å². The van der Waals surface area contributed by atoms with Gasteiger partial charge in [-0.3, -0.25) is 4.79 Å². The Morgan fingerprint density at radius 1 is 1.18 bits per heavy atom. The first-order chi connectivity index (χ1) is 8.24. The molecule has 0 radical (unpaired) electrons. The average molecular weight is 233 g/mol. The van der Waals surface area contributed by atoms with E-state index in [1.54, 1.807) is 0 Å². The van der Waals surface area contributed by atoms with E-state index in [1.807, 2.05) is 31.2 Å². The highest BCUT2D eigenvalue weighted by atomic mass is 16.1. The van der Waals surface area contributed by atoms with E-state index in [0.717, 1.165) is 24.1 Å². The van der Waals surface area contributed by atoms with Crippen LogP contribution in [0, 0.1) is 6.92 Å². The van der Waals surface area contributed by atoms with E-state index in [4.69, 9.17) is 0 Å². The third kappa shape index (κ3) is 5.53. The van der Waals surface area contributed by atoms with Crippen LogP contribution < -0.4 is 5.32 Å². The van der Waals surface area contributed by atoms with Crippen molar-refractivity contribution in [1.82, 2.24) is 5.32 Å². The molecule has 1 amide bonds. The molecule has 17 heavy (non-hydrogen) atoms. The Labute approximate surface area is 104 Å². The van der Waals surface area contributed by atoms with Crippen molar-refractivity contribution < 1.29 is 4.79 Å². The van der Waals surface area contributed by atoms with E-state index in [1.165, 1.54) is 25.7 Å². The molecule has 0 aliphatic rings. The Morgan fingerprint density at radius 2 is 1.94 bits per heavy atom. The van der Waals surface area contributed by atoms with Crippen LogP contribution in [0.2, 0.25) is 0 Å². The molecule has 0 saturated carbocycles.